The largest absolute Gasteiger partial charge is 0.288 e. The Labute approximate surface area is 62.1 Å². The molecule has 0 aromatic heterocycles. The first kappa shape index (κ1) is 7.45. The molecule has 0 spiro atoms. The van der Waals surface area contributed by atoms with E-state index in [1.54, 1.807) is 0 Å². The third kappa shape index (κ3) is 1.66. The van der Waals surface area contributed by atoms with Crippen LogP contribution < -0.4 is 0 Å². The van der Waals surface area contributed by atoms with E-state index in [-0.39, 0.29) is 0 Å². The van der Waals surface area contributed by atoms with Crippen molar-refractivity contribution >= 4 is 11.4 Å². The Morgan fingerprint density at radius 3 is 1.90 bits per heavy atom. The molecule has 0 amide bonds. The first-order chi connectivity index (χ1) is 4.70. The van der Waals surface area contributed by atoms with Gasteiger partial charge in [-0.05, 0) is 19.8 Å². The van der Waals surface area contributed by atoms with Gasteiger partial charge in [0.2, 0.25) is 0 Å². The van der Waals surface area contributed by atoms with Crippen LogP contribution in [-0.4, -0.2) is 24.5 Å². The van der Waals surface area contributed by atoms with Gasteiger partial charge in [-0.1, -0.05) is 6.92 Å². The number of nitrogens with zero attached hydrogens (tertiary/aromatic N) is 2. The highest BCUT2D eigenvalue weighted by Gasteiger charge is 2.05. The zero-order valence-corrected chi connectivity index (χ0v) is 6.89. The lowest BCUT2D eigenvalue weighted by molar-refractivity contribution is 0.616. The maximum Gasteiger partial charge on any atom is 0.0524 e. The summed E-state index contributed by atoms with van der Waals surface area (Å²) in [6.07, 6.45) is 0. The minimum Gasteiger partial charge on any atom is -0.288 e. The Morgan fingerprint density at radius 2 is 1.50 bits per heavy atom. The summed E-state index contributed by atoms with van der Waals surface area (Å²) in [5.74, 6) is 0.618. The van der Waals surface area contributed by atoms with Crippen molar-refractivity contribution in [3.8, 4) is 0 Å². The van der Waals surface area contributed by atoms with Gasteiger partial charge in [0.05, 0.1) is 11.4 Å². The average molecular weight is 138 g/mol. The van der Waals surface area contributed by atoms with Gasteiger partial charge >= 0.3 is 0 Å². The van der Waals surface area contributed by atoms with E-state index >= 15 is 0 Å². The van der Waals surface area contributed by atoms with E-state index in [0.717, 1.165) is 24.5 Å². The van der Waals surface area contributed by atoms with Crippen molar-refractivity contribution in [1.29, 1.82) is 0 Å². The van der Waals surface area contributed by atoms with Crippen LogP contribution >= 0.6 is 0 Å². The summed E-state index contributed by atoms with van der Waals surface area (Å²) in [5, 5.41) is 0. The quantitative estimate of drug-likeness (QED) is 0.485. The molecule has 0 aromatic rings. The van der Waals surface area contributed by atoms with Crippen molar-refractivity contribution in [3.63, 3.8) is 0 Å². The molecule has 1 aliphatic heterocycles. The minimum absolute atomic E-state index is 0.618. The fourth-order valence-corrected chi connectivity index (χ4v) is 0.872. The van der Waals surface area contributed by atoms with E-state index in [4.69, 9.17) is 0 Å². The summed E-state index contributed by atoms with van der Waals surface area (Å²) < 4.78 is 0. The minimum atomic E-state index is 0.618. The molecular formula is C8H14N2. The first-order valence-corrected chi connectivity index (χ1v) is 3.72. The predicted octanol–water partition coefficient (Wildman–Crippen LogP) is 1.56. The second-order valence-corrected chi connectivity index (χ2v) is 2.96. The van der Waals surface area contributed by atoms with E-state index in [1.807, 2.05) is 13.8 Å². The normalized spacial score (nSPS) is 21.5. The molecule has 1 heterocycles. The van der Waals surface area contributed by atoms with Gasteiger partial charge < -0.3 is 0 Å². The van der Waals surface area contributed by atoms with Crippen LogP contribution in [0.15, 0.2) is 9.98 Å². The SMILES string of the molecule is CC1=NCC(C)CN=C1C. The molecule has 0 saturated heterocycles. The number of aliphatic imine (C=N–C) groups is 2. The lowest BCUT2D eigenvalue weighted by Gasteiger charge is -1.99. The second-order valence-electron chi connectivity index (χ2n) is 2.96. The molecule has 56 valence electrons. The molecule has 0 aliphatic carbocycles. The highest BCUT2D eigenvalue weighted by atomic mass is 14.8. The Morgan fingerprint density at radius 1 is 1.10 bits per heavy atom. The van der Waals surface area contributed by atoms with E-state index < -0.39 is 0 Å². The monoisotopic (exact) mass is 138 g/mol. The summed E-state index contributed by atoms with van der Waals surface area (Å²) in [6.45, 7) is 8.10. The Hall–Kier alpha value is -0.660. The molecule has 2 heteroatoms. The molecule has 0 bridgehead atoms. The summed E-state index contributed by atoms with van der Waals surface area (Å²) in [7, 11) is 0. The lowest BCUT2D eigenvalue weighted by Crippen LogP contribution is -2.03. The smallest absolute Gasteiger partial charge is 0.0524 e. The molecule has 0 fully saturated rings. The van der Waals surface area contributed by atoms with Crippen molar-refractivity contribution in [2.75, 3.05) is 13.1 Å². The summed E-state index contributed by atoms with van der Waals surface area (Å²) in [4.78, 5) is 8.74. The summed E-state index contributed by atoms with van der Waals surface area (Å²) >= 11 is 0. The van der Waals surface area contributed by atoms with Crippen molar-refractivity contribution in [3.05, 3.63) is 0 Å². The van der Waals surface area contributed by atoms with Gasteiger partial charge in [0.25, 0.3) is 0 Å². The highest BCUT2D eigenvalue weighted by molar-refractivity contribution is 6.40. The third-order valence-electron chi connectivity index (χ3n) is 1.80. The van der Waals surface area contributed by atoms with Crippen molar-refractivity contribution < 1.29 is 0 Å². The van der Waals surface area contributed by atoms with Crippen LogP contribution in [0, 0.1) is 5.92 Å². The topological polar surface area (TPSA) is 24.7 Å². The van der Waals surface area contributed by atoms with Gasteiger partial charge in [0, 0.05) is 13.1 Å². The number of rotatable bonds is 0. The Balaban J connectivity index is 2.73. The van der Waals surface area contributed by atoms with E-state index in [1.165, 1.54) is 0 Å². The van der Waals surface area contributed by atoms with Crippen LogP contribution in [0.2, 0.25) is 0 Å². The van der Waals surface area contributed by atoms with E-state index in [9.17, 15) is 0 Å². The highest BCUT2D eigenvalue weighted by Crippen LogP contribution is 2.02. The summed E-state index contributed by atoms with van der Waals surface area (Å²) in [6, 6.07) is 0. The molecular weight excluding hydrogens is 124 g/mol. The molecule has 0 radical (unpaired) electrons. The van der Waals surface area contributed by atoms with E-state index in [2.05, 4.69) is 16.9 Å². The molecule has 0 aromatic carbocycles. The fourth-order valence-electron chi connectivity index (χ4n) is 0.872. The standard InChI is InChI=1S/C8H14N2/c1-6-4-9-7(2)8(3)10-5-6/h6H,4-5H2,1-3H3. The van der Waals surface area contributed by atoms with Gasteiger partial charge in [-0.2, -0.15) is 0 Å². The van der Waals surface area contributed by atoms with Crippen LogP contribution in [0.5, 0.6) is 0 Å². The molecule has 0 atom stereocenters. The molecule has 1 aliphatic rings. The number of hydrogen-bond donors (Lipinski definition) is 0. The van der Waals surface area contributed by atoms with Crippen LogP contribution in [-0.2, 0) is 0 Å². The van der Waals surface area contributed by atoms with Crippen LogP contribution in [0.3, 0.4) is 0 Å². The Kier molecular flexibility index (Phi) is 2.20. The van der Waals surface area contributed by atoms with E-state index in [0.29, 0.717) is 5.92 Å². The number of hydrogen-bond acceptors (Lipinski definition) is 2. The molecule has 0 saturated carbocycles. The molecule has 0 N–H and O–H groups in total. The zero-order chi connectivity index (χ0) is 7.56. The van der Waals surface area contributed by atoms with Crippen LogP contribution in [0.4, 0.5) is 0 Å². The van der Waals surface area contributed by atoms with Crippen molar-refractivity contribution in [2.24, 2.45) is 15.9 Å². The van der Waals surface area contributed by atoms with Gasteiger partial charge in [0.1, 0.15) is 0 Å². The molecule has 10 heavy (non-hydrogen) atoms. The molecule has 0 unspecified atom stereocenters. The third-order valence-corrected chi connectivity index (χ3v) is 1.80. The maximum atomic E-state index is 4.37. The van der Waals surface area contributed by atoms with Crippen LogP contribution in [0.25, 0.3) is 0 Å². The van der Waals surface area contributed by atoms with Gasteiger partial charge in [-0.25, -0.2) is 0 Å². The van der Waals surface area contributed by atoms with Gasteiger partial charge in [-0.15, -0.1) is 0 Å². The average Bonchev–Trinajstić information content (AvgIpc) is 2.04. The summed E-state index contributed by atoms with van der Waals surface area (Å²) in [5.41, 5.74) is 2.20. The molecule has 1 rings (SSSR count). The Bertz CT molecular complexity index is 160. The van der Waals surface area contributed by atoms with Crippen molar-refractivity contribution in [2.45, 2.75) is 20.8 Å². The van der Waals surface area contributed by atoms with Gasteiger partial charge in [0.15, 0.2) is 0 Å². The molecule has 2 nitrogen and oxygen atoms in total. The fraction of sp³-hybridized carbons (Fsp3) is 0.750. The predicted molar refractivity (Wildman–Crippen MR) is 45.1 cm³/mol. The lowest BCUT2D eigenvalue weighted by atomic mass is 10.2. The second kappa shape index (κ2) is 2.95. The zero-order valence-electron chi connectivity index (χ0n) is 6.89. The van der Waals surface area contributed by atoms with Crippen molar-refractivity contribution in [1.82, 2.24) is 0 Å². The van der Waals surface area contributed by atoms with Gasteiger partial charge in [-0.3, -0.25) is 9.98 Å². The van der Waals surface area contributed by atoms with Crippen LogP contribution in [0.1, 0.15) is 20.8 Å². The maximum absolute atomic E-state index is 4.37. The first-order valence-electron chi connectivity index (χ1n) is 3.72.